The monoisotopic (exact) mass is 269 g/mol. The molecule has 0 saturated carbocycles. The van der Waals surface area contributed by atoms with E-state index in [1.807, 2.05) is 4.90 Å². The van der Waals surface area contributed by atoms with Crippen LogP contribution in [0.2, 0.25) is 0 Å². The highest BCUT2D eigenvalue weighted by Crippen LogP contribution is 2.11. The predicted octanol–water partition coefficient (Wildman–Crippen LogP) is -0.355. The molecule has 6 nitrogen and oxygen atoms in total. The Morgan fingerprint density at radius 1 is 1.42 bits per heavy atom. The van der Waals surface area contributed by atoms with Crippen LogP contribution in [0.5, 0.6) is 0 Å². The Morgan fingerprint density at radius 3 is 2.68 bits per heavy atom. The van der Waals surface area contributed by atoms with Crippen molar-refractivity contribution in [2.24, 2.45) is 5.73 Å². The van der Waals surface area contributed by atoms with Crippen LogP contribution in [0.15, 0.2) is 12.2 Å². The molecule has 1 aliphatic rings. The summed E-state index contributed by atoms with van der Waals surface area (Å²) >= 11 is 0. The molecular weight excluding hydrogens is 246 g/mol. The summed E-state index contributed by atoms with van der Waals surface area (Å²) in [5.74, 6) is -0.699. The lowest BCUT2D eigenvalue weighted by Gasteiger charge is -2.33. The molecule has 1 fully saturated rings. The first-order valence-corrected chi connectivity index (χ1v) is 6.69. The molecule has 19 heavy (non-hydrogen) atoms. The van der Waals surface area contributed by atoms with Gasteiger partial charge in [-0.3, -0.25) is 9.69 Å². The number of rotatable bonds is 7. The van der Waals surface area contributed by atoms with Crippen LogP contribution in [0.1, 0.15) is 19.8 Å². The fourth-order valence-electron chi connectivity index (χ4n) is 2.19. The van der Waals surface area contributed by atoms with Crippen molar-refractivity contribution in [1.82, 2.24) is 10.2 Å². The average Bonchev–Trinajstić information content (AvgIpc) is 2.38. The van der Waals surface area contributed by atoms with Crippen molar-refractivity contribution in [2.45, 2.75) is 25.8 Å². The fraction of sp³-hybridized carbons (Fsp3) is 0.692. The predicted molar refractivity (Wildman–Crippen MR) is 72.4 cm³/mol. The Kier molecular flexibility index (Phi) is 7.14. The Labute approximate surface area is 114 Å². The molecule has 1 heterocycles. The van der Waals surface area contributed by atoms with Gasteiger partial charge in [0.25, 0.3) is 0 Å². The van der Waals surface area contributed by atoms with Gasteiger partial charge in [-0.2, -0.15) is 0 Å². The molecule has 1 saturated heterocycles. The van der Waals surface area contributed by atoms with Crippen LogP contribution in [0.25, 0.3) is 0 Å². The Balaban J connectivity index is 2.48. The molecule has 0 aromatic heterocycles. The quantitative estimate of drug-likeness (QED) is 0.487. The zero-order valence-corrected chi connectivity index (χ0v) is 11.4. The first-order chi connectivity index (χ1) is 9.13. The van der Waals surface area contributed by atoms with Gasteiger partial charge in [0.2, 0.25) is 5.91 Å². The van der Waals surface area contributed by atoms with E-state index in [-0.39, 0.29) is 18.4 Å². The molecule has 0 radical (unpaired) electrons. The van der Waals surface area contributed by atoms with Crippen molar-refractivity contribution in [3.05, 3.63) is 12.2 Å². The van der Waals surface area contributed by atoms with Gasteiger partial charge in [0.1, 0.15) is 0 Å². The molecule has 0 unspecified atom stereocenters. The number of carbonyl (C=O) groups excluding carboxylic acids is 2. The highest BCUT2D eigenvalue weighted by Gasteiger charge is 2.21. The number of amides is 1. The van der Waals surface area contributed by atoms with Crippen LogP contribution in [-0.2, 0) is 14.3 Å². The molecule has 3 N–H and O–H groups in total. The van der Waals surface area contributed by atoms with Gasteiger partial charge < -0.3 is 15.8 Å². The van der Waals surface area contributed by atoms with Gasteiger partial charge in [-0.05, 0) is 32.9 Å². The van der Waals surface area contributed by atoms with E-state index in [0.717, 1.165) is 25.9 Å². The first-order valence-electron chi connectivity index (χ1n) is 6.69. The van der Waals surface area contributed by atoms with E-state index in [0.29, 0.717) is 19.2 Å². The van der Waals surface area contributed by atoms with Crippen LogP contribution in [0.4, 0.5) is 0 Å². The van der Waals surface area contributed by atoms with Gasteiger partial charge >= 0.3 is 5.97 Å². The molecule has 0 bridgehead atoms. The third kappa shape index (κ3) is 6.35. The largest absolute Gasteiger partial charge is 0.463 e. The number of ether oxygens (including phenoxy) is 1. The zero-order chi connectivity index (χ0) is 14.1. The zero-order valence-electron chi connectivity index (χ0n) is 11.4. The molecule has 0 aromatic carbocycles. The maximum Gasteiger partial charge on any atom is 0.330 e. The smallest absolute Gasteiger partial charge is 0.330 e. The standard InChI is InChI=1S/C13H23N3O3/c1-2-19-13(18)4-3-9-16(10-12(14)17)11-5-7-15-8-6-11/h3-4,11,15H,2,5-10H2,1H3,(H2,14,17)/b4-3+. The minimum Gasteiger partial charge on any atom is -0.463 e. The third-order valence-electron chi connectivity index (χ3n) is 3.06. The minimum absolute atomic E-state index is 0.220. The SMILES string of the molecule is CCOC(=O)/C=C/CN(CC(N)=O)C1CCNCC1. The molecule has 6 heteroatoms. The number of nitrogens with two attached hydrogens (primary N) is 1. The summed E-state index contributed by atoms with van der Waals surface area (Å²) in [6, 6.07) is 0.334. The molecular formula is C13H23N3O3. The van der Waals surface area contributed by atoms with E-state index < -0.39 is 0 Å². The van der Waals surface area contributed by atoms with E-state index in [4.69, 9.17) is 10.5 Å². The van der Waals surface area contributed by atoms with Crippen LogP contribution >= 0.6 is 0 Å². The molecule has 1 amide bonds. The van der Waals surface area contributed by atoms with Crippen molar-refractivity contribution < 1.29 is 14.3 Å². The summed E-state index contributed by atoms with van der Waals surface area (Å²) in [5, 5.41) is 3.28. The summed E-state index contributed by atoms with van der Waals surface area (Å²) in [4.78, 5) is 24.3. The molecule has 0 aliphatic carbocycles. The normalized spacial score (nSPS) is 16.9. The average molecular weight is 269 g/mol. The molecule has 1 rings (SSSR count). The topological polar surface area (TPSA) is 84.7 Å². The number of esters is 1. The Bertz CT molecular complexity index is 325. The number of carbonyl (C=O) groups is 2. The van der Waals surface area contributed by atoms with Crippen molar-refractivity contribution in [3.63, 3.8) is 0 Å². The van der Waals surface area contributed by atoms with Gasteiger partial charge in [-0.15, -0.1) is 0 Å². The highest BCUT2D eigenvalue weighted by molar-refractivity contribution is 5.81. The number of primary amides is 1. The van der Waals surface area contributed by atoms with Crippen molar-refractivity contribution in [2.75, 3.05) is 32.8 Å². The fourth-order valence-corrected chi connectivity index (χ4v) is 2.19. The van der Waals surface area contributed by atoms with Gasteiger partial charge in [0.05, 0.1) is 13.2 Å². The van der Waals surface area contributed by atoms with E-state index >= 15 is 0 Å². The van der Waals surface area contributed by atoms with Gasteiger partial charge in [0, 0.05) is 18.7 Å². The van der Waals surface area contributed by atoms with Crippen molar-refractivity contribution in [1.29, 1.82) is 0 Å². The number of nitrogens with zero attached hydrogens (tertiary/aromatic N) is 1. The van der Waals surface area contributed by atoms with Gasteiger partial charge in [-0.25, -0.2) is 4.79 Å². The number of piperidine rings is 1. The second-order valence-corrected chi connectivity index (χ2v) is 4.53. The summed E-state index contributed by atoms with van der Waals surface area (Å²) < 4.78 is 4.80. The maximum atomic E-state index is 11.2. The lowest BCUT2D eigenvalue weighted by molar-refractivity contribution is -0.137. The summed E-state index contributed by atoms with van der Waals surface area (Å²) in [7, 11) is 0. The van der Waals surface area contributed by atoms with E-state index in [1.165, 1.54) is 6.08 Å². The Morgan fingerprint density at radius 2 is 2.11 bits per heavy atom. The van der Waals surface area contributed by atoms with Crippen molar-refractivity contribution in [3.8, 4) is 0 Å². The summed E-state index contributed by atoms with van der Waals surface area (Å²) in [5.41, 5.74) is 5.27. The van der Waals surface area contributed by atoms with E-state index in [1.54, 1.807) is 13.0 Å². The second-order valence-electron chi connectivity index (χ2n) is 4.53. The lowest BCUT2D eigenvalue weighted by atomic mass is 10.0. The lowest BCUT2D eigenvalue weighted by Crippen LogP contribution is -2.46. The van der Waals surface area contributed by atoms with E-state index in [9.17, 15) is 9.59 Å². The first kappa shape index (κ1) is 15.7. The Hall–Kier alpha value is -1.40. The number of nitrogens with one attached hydrogen (secondary N) is 1. The summed E-state index contributed by atoms with van der Waals surface area (Å²) in [6.45, 7) is 4.77. The van der Waals surface area contributed by atoms with Crippen LogP contribution in [0.3, 0.4) is 0 Å². The molecule has 1 aliphatic heterocycles. The van der Waals surface area contributed by atoms with Crippen LogP contribution in [-0.4, -0.2) is 55.6 Å². The van der Waals surface area contributed by atoms with E-state index in [2.05, 4.69) is 5.32 Å². The minimum atomic E-state index is -0.355. The second kappa shape index (κ2) is 8.66. The van der Waals surface area contributed by atoms with Crippen molar-refractivity contribution >= 4 is 11.9 Å². The number of hydrogen-bond donors (Lipinski definition) is 2. The molecule has 0 atom stereocenters. The maximum absolute atomic E-state index is 11.2. The molecule has 0 spiro atoms. The number of hydrogen-bond acceptors (Lipinski definition) is 5. The molecule has 108 valence electrons. The van der Waals surface area contributed by atoms with Gasteiger partial charge in [0.15, 0.2) is 0 Å². The molecule has 0 aromatic rings. The van der Waals surface area contributed by atoms with Crippen LogP contribution < -0.4 is 11.1 Å². The van der Waals surface area contributed by atoms with Crippen LogP contribution in [0, 0.1) is 0 Å². The van der Waals surface area contributed by atoms with Gasteiger partial charge in [-0.1, -0.05) is 6.08 Å². The third-order valence-corrected chi connectivity index (χ3v) is 3.06. The summed E-state index contributed by atoms with van der Waals surface area (Å²) in [6.07, 6.45) is 5.10. The highest BCUT2D eigenvalue weighted by atomic mass is 16.5.